The van der Waals surface area contributed by atoms with Crippen molar-refractivity contribution in [3.05, 3.63) is 53.3 Å². The summed E-state index contributed by atoms with van der Waals surface area (Å²) < 4.78 is 21.6. The van der Waals surface area contributed by atoms with E-state index in [9.17, 15) is 4.79 Å². The third-order valence-corrected chi connectivity index (χ3v) is 3.56. The van der Waals surface area contributed by atoms with E-state index in [0.29, 0.717) is 28.6 Å². The first kappa shape index (κ1) is 15.0. The molecule has 23 heavy (non-hydrogen) atoms. The zero-order chi connectivity index (χ0) is 16.4. The van der Waals surface area contributed by atoms with Crippen LogP contribution in [0, 0.1) is 0 Å². The second kappa shape index (κ2) is 6.04. The highest BCUT2D eigenvalue weighted by Crippen LogP contribution is 2.49. The highest BCUT2D eigenvalue weighted by atomic mass is 16.5. The molecular weight excluding hydrogens is 296 g/mol. The Hall–Kier alpha value is -2.95. The van der Waals surface area contributed by atoms with Crippen LogP contribution < -0.4 is 18.9 Å². The van der Waals surface area contributed by atoms with Crippen molar-refractivity contribution < 1.29 is 23.7 Å². The maximum absolute atomic E-state index is 12.7. The number of allylic oxidation sites excluding steroid dienone is 1. The molecule has 0 fully saturated rings. The van der Waals surface area contributed by atoms with Crippen molar-refractivity contribution in [1.82, 2.24) is 0 Å². The van der Waals surface area contributed by atoms with Gasteiger partial charge < -0.3 is 18.9 Å². The molecule has 5 nitrogen and oxygen atoms in total. The number of carbonyl (C=O) groups excluding carboxylic acids is 1. The Labute approximate surface area is 134 Å². The number of fused-ring (bicyclic) bond motifs is 1. The molecule has 5 heteroatoms. The fourth-order valence-corrected chi connectivity index (χ4v) is 2.51. The third-order valence-electron chi connectivity index (χ3n) is 3.56. The van der Waals surface area contributed by atoms with Gasteiger partial charge in [-0.3, -0.25) is 4.79 Å². The summed E-state index contributed by atoms with van der Waals surface area (Å²) in [7, 11) is 4.48. The van der Waals surface area contributed by atoms with Crippen molar-refractivity contribution >= 4 is 11.9 Å². The molecule has 0 aromatic heterocycles. The van der Waals surface area contributed by atoms with E-state index in [-0.39, 0.29) is 11.5 Å². The maximum atomic E-state index is 12.7. The molecule has 0 radical (unpaired) electrons. The Kier molecular flexibility index (Phi) is 3.93. The Morgan fingerprint density at radius 1 is 0.957 bits per heavy atom. The van der Waals surface area contributed by atoms with Gasteiger partial charge in [0.25, 0.3) is 0 Å². The molecule has 2 aromatic rings. The highest BCUT2D eigenvalue weighted by molar-refractivity contribution is 6.16. The van der Waals surface area contributed by atoms with E-state index < -0.39 is 0 Å². The Morgan fingerprint density at radius 2 is 1.65 bits per heavy atom. The average Bonchev–Trinajstić information content (AvgIpc) is 2.89. The molecular formula is C18H16O5. The smallest absolute Gasteiger partial charge is 0.235 e. The van der Waals surface area contributed by atoms with Crippen LogP contribution in [0.4, 0.5) is 0 Å². The fraction of sp³-hybridized carbons (Fsp3) is 0.167. The summed E-state index contributed by atoms with van der Waals surface area (Å²) >= 11 is 0. The van der Waals surface area contributed by atoms with Crippen LogP contribution in [0.15, 0.2) is 42.2 Å². The van der Waals surface area contributed by atoms with Gasteiger partial charge in [0.1, 0.15) is 11.3 Å². The number of hydrogen-bond acceptors (Lipinski definition) is 5. The largest absolute Gasteiger partial charge is 0.493 e. The average molecular weight is 312 g/mol. The van der Waals surface area contributed by atoms with E-state index in [0.717, 1.165) is 5.56 Å². The third kappa shape index (κ3) is 2.50. The molecule has 118 valence electrons. The second-order valence-corrected chi connectivity index (χ2v) is 4.87. The predicted molar refractivity (Wildman–Crippen MR) is 85.5 cm³/mol. The Balaban J connectivity index is 2.11. The van der Waals surface area contributed by atoms with Gasteiger partial charge in [-0.15, -0.1) is 0 Å². The molecule has 0 unspecified atom stereocenters. The topological polar surface area (TPSA) is 54.0 Å². The van der Waals surface area contributed by atoms with Gasteiger partial charge in [-0.2, -0.15) is 0 Å². The summed E-state index contributed by atoms with van der Waals surface area (Å²) in [5, 5.41) is 0. The molecule has 0 bridgehead atoms. The monoisotopic (exact) mass is 312 g/mol. The lowest BCUT2D eigenvalue weighted by molar-refractivity contribution is 0.101. The SMILES string of the molecule is COc1cc2c(c(OC)c1OC)C(=O)/C(=C/c1ccccc1)O2. The lowest BCUT2D eigenvalue weighted by atomic mass is 10.1. The normalized spacial score (nSPS) is 14.4. The number of methoxy groups -OCH3 is 3. The van der Waals surface area contributed by atoms with E-state index in [4.69, 9.17) is 18.9 Å². The van der Waals surface area contributed by atoms with Crippen LogP contribution in [0.1, 0.15) is 15.9 Å². The fourth-order valence-electron chi connectivity index (χ4n) is 2.51. The van der Waals surface area contributed by atoms with Crippen LogP contribution in [-0.4, -0.2) is 27.1 Å². The lowest BCUT2D eigenvalue weighted by Crippen LogP contribution is -2.02. The minimum atomic E-state index is -0.248. The minimum absolute atomic E-state index is 0.236. The van der Waals surface area contributed by atoms with Crippen molar-refractivity contribution in [3.8, 4) is 23.0 Å². The molecule has 1 heterocycles. The zero-order valence-corrected chi connectivity index (χ0v) is 13.1. The van der Waals surface area contributed by atoms with Crippen LogP contribution in [0.25, 0.3) is 6.08 Å². The van der Waals surface area contributed by atoms with Gasteiger partial charge in [0.2, 0.25) is 11.5 Å². The van der Waals surface area contributed by atoms with Crippen molar-refractivity contribution in [2.75, 3.05) is 21.3 Å². The van der Waals surface area contributed by atoms with Crippen LogP contribution >= 0.6 is 0 Å². The zero-order valence-electron chi connectivity index (χ0n) is 13.1. The van der Waals surface area contributed by atoms with Gasteiger partial charge in [-0.25, -0.2) is 0 Å². The lowest BCUT2D eigenvalue weighted by Gasteiger charge is -2.13. The summed E-state index contributed by atoms with van der Waals surface area (Å²) in [5.74, 6) is 1.50. The molecule has 0 spiro atoms. The first-order valence-electron chi connectivity index (χ1n) is 7.01. The van der Waals surface area contributed by atoms with Crippen molar-refractivity contribution in [3.63, 3.8) is 0 Å². The quantitative estimate of drug-likeness (QED) is 0.811. The predicted octanol–water partition coefficient (Wildman–Crippen LogP) is 3.33. The number of Topliss-reactive ketones (excluding diaryl/α,β-unsaturated/α-hetero) is 1. The van der Waals surface area contributed by atoms with E-state index in [1.54, 1.807) is 12.1 Å². The van der Waals surface area contributed by atoms with Crippen LogP contribution in [0.2, 0.25) is 0 Å². The Bertz CT molecular complexity index is 778. The van der Waals surface area contributed by atoms with Crippen molar-refractivity contribution in [2.45, 2.75) is 0 Å². The minimum Gasteiger partial charge on any atom is -0.493 e. The molecule has 0 N–H and O–H groups in total. The molecule has 0 amide bonds. The van der Waals surface area contributed by atoms with Gasteiger partial charge in [0, 0.05) is 6.07 Å². The molecule has 0 atom stereocenters. The van der Waals surface area contributed by atoms with Gasteiger partial charge in [0.15, 0.2) is 17.3 Å². The summed E-state index contributed by atoms with van der Waals surface area (Å²) in [4.78, 5) is 12.7. The van der Waals surface area contributed by atoms with Crippen molar-refractivity contribution in [2.24, 2.45) is 0 Å². The van der Waals surface area contributed by atoms with Crippen LogP contribution in [0.3, 0.4) is 0 Å². The summed E-state index contributed by atoms with van der Waals surface area (Å²) in [6, 6.07) is 11.1. The summed E-state index contributed by atoms with van der Waals surface area (Å²) in [6.45, 7) is 0. The summed E-state index contributed by atoms with van der Waals surface area (Å²) in [6.07, 6.45) is 1.70. The highest BCUT2D eigenvalue weighted by Gasteiger charge is 2.35. The first-order valence-corrected chi connectivity index (χ1v) is 7.01. The first-order chi connectivity index (χ1) is 11.2. The number of ketones is 1. The molecule has 0 aliphatic carbocycles. The molecule has 2 aromatic carbocycles. The van der Waals surface area contributed by atoms with E-state index >= 15 is 0 Å². The molecule has 1 aliphatic rings. The molecule has 3 rings (SSSR count). The van der Waals surface area contributed by atoms with Crippen LogP contribution in [0.5, 0.6) is 23.0 Å². The Morgan fingerprint density at radius 3 is 2.26 bits per heavy atom. The van der Waals surface area contributed by atoms with Crippen molar-refractivity contribution in [1.29, 1.82) is 0 Å². The number of rotatable bonds is 4. The second-order valence-electron chi connectivity index (χ2n) is 4.87. The van der Waals surface area contributed by atoms with Gasteiger partial charge in [-0.05, 0) is 11.6 Å². The molecule has 0 saturated carbocycles. The van der Waals surface area contributed by atoms with Gasteiger partial charge in [-0.1, -0.05) is 30.3 Å². The van der Waals surface area contributed by atoms with Crippen LogP contribution in [-0.2, 0) is 0 Å². The van der Waals surface area contributed by atoms with E-state index in [1.165, 1.54) is 21.3 Å². The van der Waals surface area contributed by atoms with E-state index in [1.807, 2.05) is 30.3 Å². The molecule has 1 aliphatic heterocycles. The maximum Gasteiger partial charge on any atom is 0.235 e. The summed E-state index contributed by atoms with van der Waals surface area (Å²) in [5.41, 5.74) is 1.22. The van der Waals surface area contributed by atoms with Gasteiger partial charge in [0.05, 0.1) is 21.3 Å². The number of carbonyl (C=O) groups is 1. The van der Waals surface area contributed by atoms with E-state index in [2.05, 4.69) is 0 Å². The number of ether oxygens (including phenoxy) is 4. The molecule has 0 saturated heterocycles. The number of hydrogen-bond donors (Lipinski definition) is 0. The standard InChI is InChI=1S/C18H16O5/c1-20-14-10-12-15(18(22-3)17(14)21-2)16(19)13(23-12)9-11-7-5-4-6-8-11/h4-10H,1-3H3/b13-9-. The van der Waals surface area contributed by atoms with Gasteiger partial charge >= 0.3 is 0 Å². The number of benzene rings is 2.